The van der Waals surface area contributed by atoms with Crippen LogP contribution < -0.4 is 0 Å². The zero-order valence-electron chi connectivity index (χ0n) is 14.7. The molecule has 130 valence electrons. The van der Waals surface area contributed by atoms with Gasteiger partial charge in [0, 0.05) is 19.1 Å². The summed E-state index contributed by atoms with van der Waals surface area (Å²) in [5.74, 6) is 0.393. The topological polar surface area (TPSA) is 58.4 Å². The van der Waals surface area contributed by atoms with Crippen molar-refractivity contribution in [3.8, 4) is 0 Å². The molecule has 6 heteroatoms. The van der Waals surface area contributed by atoms with Crippen LogP contribution in [0.2, 0.25) is 0 Å². The highest BCUT2D eigenvalue weighted by Gasteiger charge is 2.26. The van der Waals surface area contributed by atoms with Crippen molar-refractivity contribution >= 4 is 17.7 Å². The molecule has 0 radical (unpaired) electrons. The molecule has 0 atom stereocenters. The molecule has 2 aromatic rings. The summed E-state index contributed by atoms with van der Waals surface area (Å²) in [6.45, 7) is 6.67. The summed E-state index contributed by atoms with van der Waals surface area (Å²) in [5.41, 5.74) is 1.60. The molecule has 24 heavy (non-hydrogen) atoms. The Labute approximate surface area is 147 Å². The fourth-order valence-corrected chi connectivity index (χ4v) is 3.22. The summed E-state index contributed by atoms with van der Waals surface area (Å²) in [6.07, 6.45) is 1.64. The Morgan fingerprint density at radius 1 is 1.29 bits per heavy atom. The lowest BCUT2D eigenvalue weighted by Crippen LogP contribution is -2.45. The number of imidazole rings is 1. The molecule has 0 saturated heterocycles. The van der Waals surface area contributed by atoms with E-state index in [0.717, 1.165) is 16.4 Å². The van der Waals surface area contributed by atoms with Gasteiger partial charge < -0.3 is 14.6 Å². The van der Waals surface area contributed by atoms with Crippen LogP contribution in [0.4, 0.5) is 0 Å². The standard InChI is InChI=1S/C18H25N3O2S/c1-18(2,3)21(11-14-8-6-5-7-9-14)16(23)13-24-17-19-10-15(12-22)20(17)4/h5-10,22H,11-13H2,1-4H3. The van der Waals surface area contributed by atoms with E-state index in [4.69, 9.17) is 0 Å². The molecule has 1 amide bonds. The van der Waals surface area contributed by atoms with Gasteiger partial charge in [0.15, 0.2) is 5.16 Å². The van der Waals surface area contributed by atoms with Gasteiger partial charge in [-0.15, -0.1) is 0 Å². The van der Waals surface area contributed by atoms with Crippen LogP contribution in [0, 0.1) is 0 Å². The van der Waals surface area contributed by atoms with Crippen molar-refractivity contribution in [2.75, 3.05) is 5.75 Å². The van der Waals surface area contributed by atoms with Gasteiger partial charge in [-0.25, -0.2) is 4.98 Å². The number of aliphatic hydroxyl groups is 1. The molecule has 0 aliphatic heterocycles. The van der Waals surface area contributed by atoms with Gasteiger partial charge in [0.1, 0.15) is 0 Å². The summed E-state index contributed by atoms with van der Waals surface area (Å²) >= 11 is 1.40. The van der Waals surface area contributed by atoms with Crippen molar-refractivity contribution < 1.29 is 9.90 Å². The van der Waals surface area contributed by atoms with Crippen molar-refractivity contribution in [2.45, 2.75) is 44.6 Å². The molecule has 1 aromatic carbocycles. The largest absolute Gasteiger partial charge is 0.390 e. The van der Waals surface area contributed by atoms with Crippen molar-refractivity contribution in [3.05, 3.63) is 47.8 Å². The summed E-state index contributed by atoms with van der Waals surface area (Å²) in [4.78, 5) is 18.9. The number of benzene rings is 1. The van der Waals surface area contributed by atoms with Gasteiger partial charge in [-0.3, -0.25) is 4.79 Å². The minimum absolute atomic E-state index is 0.0554. The first kappa shape index (κ1) is 18.5. The molecule has 1 heterocycles. The van der Waals surface area contributed by atoms with Gasteiger partial charge in [-0.05, 0) is 26.3 Å². The predicted molar refractivity (Wildman–Crippen MR) is 96.6 cm³/mol. The maximum Gasteiger partial charge on any atom is 0.233 e. The highest BCUT2D eigenvalue weighted by molar-refractivity contribution is 7.99. The fourth-order valence-electron chi connectivity index (χ4n) is 2.38. The highest BCUT2D eigenvalue weighted by Crippen LogP contribution is 2.22. The summed E-state index contributed by atoms with van der Waals surface area (Å²) in [5, 5.41) is 9.96. The molecule has 0 unspecified atom stereocenters. The second-order valence-corrected chi connectivity index (χ2v) is 7.62. The number of aromatic nitrogens is 2. The molecule has 0 spiro atoms. The lowest BCUT2D eigenvalue weighted by atomic mass is 10.0. The summed E-state index contributed by atoms with van der Waals surface area (Å²) in [6, 6.07) is 10.0. The van der Waals surface area contributed by atoms with E-state index < -0.39 is 0 Å². The Morgan fingerprint density at radius 3 is 2.50 bits per heavy atom. The first-order valence-electron chi connectivity index (χ1n) is 7.91. The number of thioether (sulfide) groups is 1. The number of hydrogen-bond acceptors (Lipinski definition) is 4. The molecule has 0 bridgehead atoms. The number of aliphatic hydroxyl groups excluding tert-OH is 1. The SMILES string of the molecule is Cn1c(CO)cnc1SCC(=O)N(Cc1ccccc1)C(C)(C)C. The molecule has 5 nitrogen and oxygen atoms in total. The normalized spacial score (nSPS) is 11.5. The Kier molecular flexibility index (Phi) is 6.07. The van der Waals surface area contributed by atoms with Crippen LogP contribution in [0.3, 0.4) is 0 Å². The van der Waals surface area contributed by atoms with Gasteiger partial charge >= 0.3 is 0 Å². The molecule has 0 saturated carbocycles. The Morgan fingerprint density at radius 2 is 1.96 bits per heavy atom. The first-order chi connectivity index (χ1) is 11.3. The Balaban J connectivity index is 2.06. The zero-order chi connectivity index (χ0) is 17.7. The second kappa shape index (κ2) is 7.85. The van der Waals surface area contributed by atoms with Crippen LogP contribution in [0.5, 0.6) is 0 Å². The van der Waals surface area contributed by atoms with E-state index >= 15 is 0 Å². The van der Waals surface area contributed by atoms with Crippen LogP contribution in [-0.2, 0) is 25.0 Å². The van der Waals surface area contributed by atoms with Crippen LogP contribution in [-0.4, -0.2) is 36.8 Å². The number of hydrogen-bond donors (Lipinski definition) is 1. The predicted octanol–water partition coefficient (Wildman–Crippen LogP) is 2.83. The van der Waals surface area contributed by atoms with Gasteiger partial charge in [-0.1, -0.05) is 42.1 Å². The van der Waals surface area contributed by atoms with Crippen molar-refractivity contribution in [2.24, 2.45) is 7.05 Å². The molecular weight excluding hydrogens is 322 g/mol. The number of nitrogens with zero attached hydrogens (tertiary/aromatic N) is 3. The minimum Gasteiger partial charge on any atom is -0.390 e. The maximum atomic E-state index is 12.8. The summed E-state index contributed by atoms with van der Waals surface area (Å²) < 4.78 is 1.82. The quantitative estimate of drug-likeness (QED) is 0.817. The molecule has 2 rings (SSSR count). The average molecular weight is 347 g/mol. The van der Waals surface area contributed by atoms with Crippen molar-refractivity contribution in [1.29, 1.82) is 0 Å². The van der Waals surface area contributed by atoms with Crippen molar-refractivity contribution in [3.63, 3.8) is 0 Å². The van der Waals surface area contributed by atoms with Crippen LogP contribution >= 0.6 is 11.8 Å². The number of rotatable bonds is 6. The van der Waals surface area contributed by atoms with Crippen LogP contribution in [0.1, 0.15) is 32.0 Å². The number of amides is 1. The molecular formula is C18H25N3O2S. The lowest BCUT2D eigenvalue weighted by molar-refractivity contribution is -0.133. The summed E-state index contributed by atoms with van der Waals surface area (Å²) in [7, 11) is 1.84. The van der Waals surface area contributed by atoms with Crippen LogP contribution in [0.25, 0.3) is 0 Å². The van der Waals surface area contributed by atoms with E-state index in [2.05, 4.69) is 4.98 Å². The van der Waals surface area contributed by atoms with E-state index in [0.29, 0.717) is 12.3 Å². The van der Waals surface area contributed by atoms with Gasteiger partial charge in [0.2, 0.25) is 5.91 Å². The zero-order valence-corrected chi connectivity index (χ0v) is 15.5. The first-order valence-corrected chi connectivity index (χ1v) is 8.90. The van der Waals surface area contributed by atoms with Gasteiger partial charge in [0.05, 0.1) is 24.3 Å². The molecule has 0 aliphatic rings. The Bertz CT molecular complexity index is 677. The lowest BCUT2D eigenvalue weighted by Gasteiger charge is -2.36. The van der Waals surface area contributed by atoms with E-state index in [9.17, 15) is 9.90 Å². The Hall–Kier alpha value is -1.79. The third-order valence-corrected chi connectivity index (χ3v) is 4.85. The van der Waals surface area contributed by atoms with E-state index in [-0.39, 0.29) is 18.1 Å². The second-order valence-electron chi connectivity index (χ2n) is 6.67. The molecule has 1 N–H and O–H groups in total. The average Bonchev–Trinajstić information content (AvgIpc) is 2.90. The van der Waals surface area contributed by atoms with Crippen molar-refractivity contribution in [1.82, 2.24) is 14.5 Å². The smallest absolute Gasteiger partial charge is 0.233 e. The number of carbonyl (C=O) groups excluding carboxylic acids is 1. The molecule has 1 aromatic heterocycles. The third kappa shape index (κ3) is 4.61. The van der Waals surface area contributed by atoms with Gasteiger partial charge in [-0.2, -0.15) is 0 Å². The maximum absolute atomic E-state index is 12.8. The van der Waals surface area contributed by atoms with E-state index in [1.807, 2.05) is 67.6 Å². The van der Waals surface area contributed by atoms with Gasteiger partial charge in [0.25, 0.3) is 0 Å². The fraction of sp³-hybridized carbons (Fsp3) is 0.444. The number of carbonyl (C=O) groups is 1. The minimum atomic E-state index is -0.259. The highest BCUT2D eigenvalue weighted by atomic mass is 32.2. The third-order valence-electron chi connectivity index (χ3n) is 3.82. The van der Waals surface area contributed by atoms with E-state index in [1.54, 1.807) is 6.20 Å². The van der Waals surface area contributed by atoms with E-state index in [1.165, 1.54) is 11.8 Å². The monoisotopic (exact) mass is 347 g/mol. The molecule has 0 fully saturated rings. The molecule has 0 aliphatic carbocycles. The van der Waals surface area contributed by atoms with Crippen LogP contribution in [0.15, 0.2) is 41.7 Å².